The van der Waals surface area contributed by atoms with E-state index in [4.69, 9.17) is 9.84 Å². The normalized spacial score (nSPS) is 11.5. The Morgan fingerprint density at radius 3 is 2.53 bits per heavy atom. The first-order valence-corrected chi connectivity index (χ1v) is 6.30. The first-order valence-electron chi connectivity index (χ1n) is 6.30. The molecule has 2 aromatic rings. The van der Waals surface area contributed by atoms with Crippen molar-refractivity contribution in [1.29, 1.82) is 0 Å². The molecule has 0 bridgehead atoms. The molecule has 3 nitrogen and oxygen atoms in total. The number of ether oxygens (including phenoxy) is 1. The zero-order valence-corrected chi connectivity index (χ0v) is 11.2. The van der Waals surface area contributed by atoms with Gasteiger partial charge in [-0.05, 0) is 22.9 Å². The molecule has 0 unspecified atom stereocenters. The van der Waals surface area contributed by atoms with E-state index >= 15 is 0 Å². The van der Waals surface area contributed by atoms with E-state index in [9.17, 15) is 4.79 Å². The van der Waals surface area contributed by atoms with Crippen molar-refractivity contribution in [3.05, 3.63) is 42.5 Å². The van der Waals surface area contributed by atoms with Gasteiger partial charge in [0.15, 0.2) is 0 Å². The highest BCUT2D eigenvalue weighted by atomic mass is 16.5. The molecule has 100 valence electrons. The van der Waals surface area contributed by atoms with E-state index in [1.807, 2.05) is 56.3 Å². The van der Waals surface area contributed by atoms with E-state index < -0.39 is 5.97 Å². The second-order valence-electron chi connectivity index (χ2n) is 5.53. The SMILES string of the molecule is CC(C)(COc1ccc2ccccc2c1)CC(=O)O. The van der Waals surface area contributed by atoms with Crippen LogP contribution in [0, 0.1) is 5.41 Å². The van der Waals surface area contributed by atoms with Crippen molar-refractivity contribution in [2.45, 2.75) is 20.3 Å². The lowest BCUT2D eigenvalue weighted by molar-refractivity contribution is -0.139. The molecular formula is C16H18O3. The molecule has 0 aliphatic carbocycles. The number of aliphatic carboxylic acids is 1. The lowest BCUT2D eigenvalue weighted by Crippen LogP contribution is -2.24. The molecule has 0 saturated heterocycles. The van der Waals surface area contributed by atoms with Crippen LogP contribution in [0.15, 0.2) is 42.5 Å². The van der Waals surface area contributed by atoms with Crippen molar-refractivity contribution in [1.82, 2.24) is 0 Å². The third-order valence-corrected chi connectivity index (χ3v) is 2.98. The van der Waals surface area contributed by atoms with Crippen LogP contribution in [0.5, 0.6) is 5.75 Å². The Labute approximate surface area is 112 Å². The highest BCUT2D eigenvalue weighted by molar-refractivity contribution is 5.83. The van der Waals surface area contributed by atoms with E-state index in [0.29, 0.717) is 6.61 Å². The van der Waals surface area contributed by atoms with Crippen molar-refractivity contribution in [3.8, 4) is 5.75 Å². The summed E-state index contributed by atoms with van der Waals surface area (Å²) in [5, 5.41) is 11.1. The fourth-order valence-corrected chi connectivity index (χ4v) is 2.00. The van der Waals surface area contributed by atoms with Gasteiger partial charge < -0.3 is 9.84 Å². The Morgan fingerprint density at radius 2 is 1.84 bits per heavy atom. The van der Waals surface area contributed by atoms with Gasteiger partial charge in [-0.1, -0.05) is 44.2 Å². The van der Waals surface area contributed by atoms with Crippen LogP contribution in [0.1, 0.15) is 20.3 Å². The van der Waals surface area contributed by atoms with Crippen LogP contribution >= 0.6 is 0 Å². The largest absolute Gasteiger partial charge is 0.493 e. The fraction of sp³-hybridized carbons (Fsp3) is 0.312. The monoisotopic (exact) mass is 258 g/mol. The molecule has 0 radical (unpaired) electrons. The highest BCUT2D eigenvalue weighted by Crippen LogP contribution is 2.25. The molecule has 1 N–H and O–H groups in total. The summed E-state index contributed by atoms with van der Waals surface area (Å²) in [6.45, 7) is 4.17. The van der Waals surface area contributed by atoms with Gasteiger partial charge in [0.25, 0.3) is 0 Å². The maximum Gasteiger partial charge on any atom is 0.304 e. The predicted molar refractivity (Wildman–Crippen MR) is 75.5 cm³/mol. The van der Waals surface area contributed by atoms with Crippen molar-refractivity contribution >= 4 is 16.7 Å². The number of hydrogen-bond acceptors (Lipinski definition) is 2. The van der Waals surface area contributed by atoms with Gasteiger partial charge in [-0.15, -0.1) is 0 Å². The van der Waals surface area contributed by atoms with Crippen LogP contribution in [0.25, 0.3) is 10.8 Å². The molecular weight excluding hydrogens is 240 g/mol. The number of carboxylic acid groups (broad SMARTS) is 1. The second-order valence-corrected chi connectivity index (χ2v) is 5.53. The number of benzene rings is 2. The van der Waals surface area contributed by atoms with E-state index in [1.165, 1.54) is 5.39 Å². The van der Waals surface area contributed by atoms with Crippen molar-refractivity contribution in [2.24, 2.45) is 5.41 Å². The van der Waals surface area contributed by atoms with Gasteiger partial charge in [-0.3, -0.25) is 4.79 Å². The molecule has 0 aromatic heterocycles. The second kappa shape index (κ2) is 5.31. The average molecular weight is 258 g/mol. The Balaban J connectivity index is 2.07. The first kappa shape index (κ1) is 13.4. The van der Waals surface area contributed by atoms with Gasteiger partial charge in [0, 0.05) is 5.41 Å². The van der Waals surface area contributed by atoms with E-state index in [0.717, 1.165) is 11.1 Å². The minimum atomic E-state index is -0.799. The minimum absolute atomic E-state index is 0.0978. The molecule has 0 aliphatic heterocycles. The summed E-state index contributed by atoms with van der Waals surface area (Å²) in [7, 11) is 0. The van der Waals surface area contributed by atoms with Crippen molar-refractivity contribution in [3.63, 3.8) is 0 Å². The zero-order chi connectivity index (χ0) is 13.9. The summed E-state index contributed by atoms with van der Waals surface area (Å²) in [4.78, 5) is 10.7. The summed E-state index contributed by atoms with van der Waals surface area (Å²) in [5.41, 5.74) is -0.378. The summed E-state index contributed by atoms with van der Waals surface area (Å²) in [6, 6.07) is 14.0. The van der Waals surface area contributed by atoms with Crippen LogP contribution in [0.4, 0.5) is 0 Å². The quantitative estimate of drug-likeness (QED) is 0.889. The van der Waals surface area contributed by atoms with Gasteiger partial charge in [0.2, 0.25) is 0 Å². The Kier molecular flexibility index (Phi) is 3.74. The third kappa shape index (κ3) is 3.71. The lowest BCUT2D eigenvalue weighted by Gasteiger charge is -2.22. The highest BCUT2D eigenvalue weighted by Gasteiger charge is 2.22. The maximum absolute atomic E-state index is 10.7. The number of hydrogen-bond donors (Lipinski definition) is 1. The average Bonchev–Trinajstić information content (AvgIpc) is 2.35. The van der Waals surface area contributed by atoms with Crippen LogP contribution in [-0.2, 0) is 4.79 Å². The smallest absolute Gasteiger partial charge is 0.304 e. The molecule has 0 spiro atoms. The van der Waals surface area contributed by atoms with E-state index in [-0.39, 0.29) is 11.8 Å². The summed E-state index contributed by atoms with van der Waals surface area (Å²) < 4.78 is 5.72. The molecule has 0 aliphatic rings. The third-order valence-electron chi connectivity index (χ3n) is 2.98. The Morgan fingerprint density at radius 1 is 1.16 bits per heavy atom. The summed E-state index contributed by atoms with van der Waals surface area (Å²) >= 11 is 0. The van der Waals surface area contributed by atoms with Crippen LogP contribution in [0.3, 0.4) is 0 Å². The zero-order valence-electron chi connectivity index (χ0n) is 11.2. The number of rotatable bonds is 5. The summed E-state index contributed by atoms with van der Waals surface area (Å²) in [5.74, 6) is -0.0238. The molecule has 0 amide bonds. The van der Waals surface area contributed by atoms with Crippen molar-refractivity contribution < 1.29 is 14.6 Å². The van der Waals surface area contributed by atoms with Crippen LogP contribution in [-0.4, -0.2) is 17.7 Å². The molecule has 0 saturated carbocycles. The van der Waals surface area contributed by atoms with Gasteiger partial charge in [-0.2, -0.15) is 0 Å². The van der Waals surface area contributed by atoms with Crippen LogP contribution in [0.2, 0.25) is 0 Å². The van der Waals surface area contributed by atoms with Crippen LogP contribution < -0.4 is 4.74 Å². The van der Waals surface area contributed by atoms with Gasteiger partial charge >= 0.3 is 5.97 Å². The summed E-state index contributed by atoms with van der Waals surface area (Å²) in [6.07, 6.45) is 0.0978. The molecule has 3 heteroatoms. The Bertz CT molecular complexity index is 587. The minimum Gasteiger partial charge on any atom is -0.493 e. The first-order chi connectivity index (χ1) is 8.96. The van der Waals surface area contributed by atoms with Crippen molar-refractivity contribution in [2.75, 3.05) is 6.61 Å². The van der Waals surface area contributed by atoms with Gasteiger partial charge in [0.1, 0.15) is 5.75 Å². The Hall–Kier alpha value is -2.03. The molecule has 2 rings (SSSR count). The maximum atomic E-state index is 10.7. The number of fused-ring (bicyclic) bond motifs is 1. The molecule has 0 heterocycles. The van der Waals surface area contributed by atoms with Gasteiger partial charge in [-0.25, -0.2) is 0 Å². The predicted octanol–water partition coefficient (Wildman–Crippen LogP) is 3.72. The van der Waals surface area contributed by atoms with E-state index in [2.05, 4.69) is 0 Å². The molecule has 19 heavy (non-hydrogen) atoms. The van der Waals surface area contributed by atoms with Gasteiger partial charge in [0.05, 0.1) is 13.0 Å². The molecule has 2 aromatic carbocycles. The topological polar surface area (TPSA) is 46.5 Å². The van der Waals surface area contributed by atoms with E-state index in [1.54, 1.807) is 0 Å². The fourth-order valence-electron chi connectivity index (χ4n) is 2.00. The molecule has 0 atom stereocenters. The number of carbonyl (C=O) groups is 1. The standard InChI is InChI=1S/C16H18O3/c1-16(2,10-15(17)18)11-19-14-8-7-12-5-3-4-6-13(12)9-14/h3-9H,10-11H2,1-2H3,(H,17,18). The lowest BCUT2D eigenvalue weighted by atomic mass is 9.91. The number of carboxylic acids is 1. The molecule has 0 fully saturated rings.